The molecular formula is C18H20N2O3. The van der Waals surface area contributed by atoms with Gasteiger partial charge in [0.15, 0.2) is 0 Å². The van der Waals surface area contributed by atoms with Gasteiger partial charge in [-0.2, -0.15) is 0 Å². The van der Waals surface area contributed by atoms with E-state index in [9.17, 15) is 14.7 Å². The van der Waals surface area contributed by atoms with Crippen LogP contribution in [0, 0.1) is 6.92 Å². The summed E-state index contributed by atoms with van der Waals surface area (Å²) in [6, 6.07) is 7.07. The third-order valence-electron chi connectivity index (χ3n) is 4.32. The molecule has 1 aliphatic carbocycles. The molecule has 0 unspecified atom stereocenters. The molecule has 0 aliphatic heterocycles. The number of pyridine rings is 1. The Morgan fingerprint density at radius 2 is 2.04 bits per heavy atom. The quantitative estimate of drug-likeness (QED) is 0.813. The molecule has 1 aromatic heterocycles. The van der Waals surface area contributed by atoms with Crippen LogP contribution in [0.5, 0.6) is 0 Å². The molecular weight excluding hydrogens is 292 g/mol. The number of aliphatic hydroxyl groups is 1. The maximum atomic E-state index is 12.5. The molecule has 0 saturated carbocycles. The Kier molecular flexibility index (Phi) is 4.30. The number of aromatic nitrogens is 1. The van der Waals surface area contributed by atoms with E-state index in [4.69, 9.17) is 0 Å². The minimum absolute atomic E-state index is 0.0947. The highest BCUT2D eigenvalue weighted by atomic mass is 16.3. The molecule has 0 atom stereocenters. The van der Waals surface area contributed by atoms with Crippen LogP contribution < -0.4 is 10.9 Å². The SMILES string of the molecule is Cc1ccc(CO)cc1NC(=O)c1cc2c([nH]c1=O)CCCC2. The van der Waals surface area contributed by atoms with Gasteiger partial charge < -0.3 is 15.4 Å². The summed E-state index contributed by atoms with van der Waals surface area (Å²) in [4.78, 5) is 27.5. The van der Waals surface area contributed by atoms with Crippen LogP contribution in [0.25, 0.3) is 0 Å². The first-order valence-electron chi connectivity index (χ1n) is 7.85. The first-order valence-corrected chi connectivity index (χ1v) is 7.85. The van der Waals surface area contributed by atoms with Crippen molar-refractivity contribution in [2.45, 2.75) is 39.2 Å². The lowest BCUT2D eigenvalue weighted by Gasteiger charge is -2.16. The number of hydrogen-bond acceptors (Lipinski definition) is 3. The van der Waals surface area contributed by atoms with Crippen molar-refractivity contribution >= 4 is 11.6 Å². The maximum absolute atomic E-state index is 12.5. The highest BCUT2D eigenvalue weighted by Gasteiger charge is 2.17. The van der Waals surface area contributed by atoms with Crippen LogP contribution in [0.2, 0.25) is 0 Å². The number of rotatable bonds is 3. The van der Waals surface area contributed by atoms with Crippen LogP contribution >= 0.6 is 0 Å². The summed E-state index contributed by atoms with van der Waals surface area (Å²) in [7, 11) is 0. The number of aromatic amines is 1. The molecule has 23 heavy (non-hydrogen) atoms. The monoisotopic (exact) mass is 312 g/mol. The van der Waals surface area contributed by atoms with Gasteiger partial charge in [0, 0.05) is 11.4 Å². The van der Waals surface area contributed by atoms with Gasteiger partial charge in [-0.15, -0.1) is 0 Å². The topological polar surface area (TPSA) is 82.2 Å². The van der Waals surface area contributed by atoms with Gasteiger partial charge in [0.05, 0.1) is 6.61 Å². The summed E-state index contributed by atoms with van der Waals surface area (Å²) in [6.07, 6.45) is 3.91. The lowest BCUT2D eigenvalue weighted by Crippen LogP contribution is -2.26. The molecule has 3 rings (SSSR count). The van der Waals surface area contributed by atoms with Gasteiger partial charge in [0.25, 0.3) is 11.5 Å². The van der Waals surface area contributed by atoms with Crippen molar-refractivity contribution in [1.29, 1.82) is 0 Å². The van der Waals surface area contributed by atoms with Gasteiger partial charge in [-0.1, -0.05) is 12.1 Å². The van der Waals surface area contributed by atoms with E-state index in [0.29, 0.717) is 11.3 Å². The molecule has 3 N–H and O–H groups in total. The number of carbonyl (C=O) groups excluding carboxylic acids is 1. The van der Waals surface area contributed by atoms with Crippen molar-refractivity contribution in [3.63, 3.8) is 0 Å². The van der Waals surface area contributed by atoms with E-state index in [1.54, 1.807) is 18.2 Å². The van der Waals surface area contributed by atoms with E-state index in [1.165, 1.54) is 0 Å². The summed E-state index contributed by atoms with van der Waals surface area (Å²) < 4.78 is 0. The zero-order valence-corrected chi connectivity index (χ0v) is 13.1. The molecule has 0 spiro atoms. The largest absolute Gasteiger partial charge is 0.392 e. The first-order chi connectivity index (χ1) is 11.1. The van der Waals surface area contributed by atoms with Gasteiger partial charge in [-0.05, 0) is 61.4 Å². The summed E-state index contributed by atoms with van der Waals surface area (Å²) in [6.45, 7) is 1.77. The molecule has 1 aromatic carbocycles. The number of hydrogen-bond donors (Lipinski definition) is 3. The molecule has 1 aliphatic rings. The van der Waals surface area contributed by atoms with Crippen LogP contribution in [-0.4, -0.2) is 16.0 Å². The molecule has 0 saturated heterocycles. The Bertz CT molecular complexity index is 808. The predicted octanol–water partition coefficient (Wildman–Crippen LogP) is 2.31. The lowest BCUT2D eigenvalue weighted by molar-refractivity contribution is 0.102. The number of carbonyl (C=O) groups is 1. The van der Waals surface area contributed by atoms with Gasteiger partial charge in [-0.25, -0.2) is 0 Å². The average molecular weight is 312 g/mol. The number of fused-ring (bicyclic) bond motifs is 1. The summed E-state index contributed by atoms with van der Waals surface area (Å²) in [5.74, 6) is -0.419. The highest BCUT2D eigenvalue weighted by Crippen LogP contribution is 2.20. The number of aryl methyl sites for hydroxylation is 3. The fourth-order valence-corrected chi connectivity index (χ4v) is 2.94. The Morgan fingerprint density at radius 1 is 1.26 bits per heavy atom. The van der Waals surface area contributed by atoms with Gasteiger partial charge in [0.1, 0.15) is 5.56 Å². The van der Waals surface area contributed by atoms with Gasteiger partial charge in [0.2, 0.25) is 0 Å². The van der Waals surface area contributed by atoms with E-state index in [0.717, 1.165) is 42.5 Å². The van der Waals surface area contributed by atoms with Crippen molar-refractivity contribution in [1.82, 2.24) is 4.98 Å². The Balaban J connectivity index is 1.91. The predicted molar refractivity (Wildman–Crippen MR) is 88.8 cm³/mol. The minimum Gasteiger partial charge on any atom is -0.392 e. The number of amides is 1. The van der Waals surface area contributed by atoms with E-state index in [-0.39, 0.29) is 17.7 Å². The fraction of sp³-hybridized carbons (Fsp3) is 0.333. The van der Waals surface area contributed by atoms with Crippen molar-refractivity contribution in [3.8, 4) is 0 Å². The second-order valence-electron chi connectivity index (χ2n) is 5.98. The van der Waals surface area contributed by atoms with Crippen LogP contribution in [0.4, 0.5) is 5.69 Å². The Morgan fingerprint density at radius 3 is 2.83 bits per heavy atom. The molecule has 120 valence electrons. The molecule has 1 heterocycles. The van der Waals surface area contributed by atoms with Crippen LogP contribution in [-0.2, 0) is 19.4 Å². The van der Waals surface area contributed by atoms with Crippen molar-refractivity contribution in [3.05, 3.63) is 62.6 Å². The van der Waals surface area contributed by atoms with Gasteiger partial charge >= 0.3 is 0 Å². The van der Waals surface area contributed by atoms with E-state index < -0.39 is 5.91 Å². The second kappa shape index (κ2) is 6.38. The summed E-state index contributed by atoms with van der Waals surface area (Å²) in [5.41, 5.74) is 4.01. The molecule has 0 fully saturated rings. The highest BCUT2D eigenvalue weighted by molar-refractivity contribution is 6.04. The maximum Gasteiger partial charge on any atom is 0.261 e. The van der Waals surface area contributed by atoms with Crippen LogP contribution in [0.1, 0.15) is 45.6 Å². The number of nitrogens with one attached hydrogen (secondary N) is 2. The van der Waals surface area contributed by atoms with Crippen LogP contribution in [0.3, 0.4) is 0 Å². The molecule has 5 nitrogen and oxygen atoms in total. The van der Waals surface area contributed by atoms with Crippen molar-refractivity contribution in [2.24, 2.45) is 0 Å². The molecule has 1 amide bonds. The standard InChI is InChI=1S/C18H20N2O3/c1-11-6-7-12(10-21)8-16(11)20-18(23)14-9-13-4-2-3-5-15(13)19-17(14)22/h6-9,21H,2-5,10H2,1H3,(H,19,22)(H,20,23). The number of anilines is 1. The normalized spacial score (nSPS) is 13.5. The summed E-state index contributed by atoms with van der Waals surface area (Å²) in [5, 5.41) is 12.0. The third kappa shape index (κ3) is 3.19. The molecule has 0 radical (unpaired) electrons. The number of benzene rings is 1. The Labute approximate surface area is 134 Å². The Hall–Kier alpha value is -2.40. The first kappa shape index (κ1) is 15.5. The number of H-pyrrole nitrogens is 1. The lowest BCUT2D eigenvalue weighted by atomic mass is 9.95. The van der Waals surface area contributed by atoms with Crippen molar-refractivity contribution < 1.29 is 9.90 Å². The van der Waals surface area contributed by atoms with Crippen LogP contribution in [0.15, 0.2) is 29.1 Å². The van der Waals surface area contributed by atoms with Crippen molar-refractivity contribution in [2.75, 3.05) is 5.32 Å². The van der Waals surface area contributed by atoms with E-state index >= 15 is 0 Å². The molecule has 5 heteroatoms. The molecule has 2 aromatic rings. The average Bonchev–Trinajstić information content (AvgIpc) is 2.56. The summed E-state index contributed by atoms with van der Waals surface area (Å²) >= 11 is 0. The number of aliphatic hydroxyl groups excluding tert-OH is 1. The van der Waals surface area contributed by atoms with Gasteiger partial charge in [-0.3, -0.25) is 9.59 Å². The van der Waals surface area contributed by atoms with E-state index in [1.807, 2.05) is 13.0 Å². The van der Waals surface area contributed by atoms with E-state index in [2.05, 4.69) is 10.3 Å². The zero-order valence-electron chi connectivity index (χ0n) is 13.1. The fourth-order valence-electron chi connectivity index (χ4n) is 2.94. The third-order valence-corrected chi connectivity index (χ3v) is 4.32. The second-order valence-corrected chi connectivity index (χ2v) is 5.98. The minimum atomic E-state index is -0.419. The zero-order chi connectivity index (χ0) is 16.4. The smallest absolute Gasteiger partial charge is 0.261 e. The molecule has 0 bridgehead atoms.